The van der Waals surface area contributed by atoms with Crippen LogP contribution in [0, 0.1) is 5.82 Å². The minimum Gasteiger partial charge on any atom is -0.508 e. The molecule has 0 aliphatic carbocycles. The minimum absolute atomic E-state index is 0.163. The topological polar surface area (TPSA) is 69.6 Å². The van der Waals surface area contributed by atoms with Gasteiger partial charge in [0.1, 0.15) is 11.6 Å². The van der Waals surface area contributed by atoms with Gasteiger partial charge in [-0.15, -0.1) is 0 Å². The van der Waals surface area contributed by atoms with Crippen molar-refractivity contribution in [1.82, 2.24) is 5.32 Å². The highest BCUT2D eigenvalue weighted by Gasteiger charge is 2.10. The van der Waals surface area contributed by atoms with E-state index in [1.54, 1.807) is 36.4 Å². The van der Waals surface area contributed by atoms with Crippen molar-refractivity contribution in [2.45, 2.75) is 12.5 Å². The van der Waals surface area contributed by atoms with Crippen LogP contribution in [0.15, 0.2) is 54.6 Å². The van der Waals surface area contributed by atoms with Crippen molar-refractivity contribution in [3.05, 3.63) is 71.6 Å². The standard InChI is InChI=1S/C18H18FNO3/c19-15-3-1-2-13(10-15)6-9-18(23)20-16(12-21)11-14-4-7-17(22)8-5-14/h1-10,16,21-22H,11-12H2,(H,20,23)/b9-6+/t16-/m0/s1. The molecule has 23 heavy (non-hydrogen) atoms. The molecule has 2 rings (SSSR count). The summed E-state index contributed by atoms with van der Waals surface area (Å²) in [6, 6.07) is 12.0. The third-order valence-corrected chi connectivity index (χ3v) is 3.26. The second-order valence-corrected chi connectivity index (χ2v) is 5.15. The highest BCUT2D eigenvalue weighted by atomic mass is 19.1. The van der Waals surface area contributed by atoms with E-state index in [1.807, 2.05) is 0 Å². The molecule has 0 aromatic heterocycles. The summed E-state index contributed by atoms with van der Waals surface area (Å²) in [5, 5.41) is 21.3. The summed E-state index contributed by atoms with van der Waals surface area (Å²) in [6.45, 7) is -0.208. The highest BCUT2D eigenvalue weighted by molar-refractivity contribution is 5.91. The zero-order chi connectivity index (χ0) is 16.7. The van der Waals surface area contributed by atoms with Gasteiger partial charge < -0.3 is 15.5 Å². The smallest absolute Gasteiger partial charge is 0.244 e. The van der Waals surface area contributed by atoms with Crippen LogP contribution in [0.2, 0.25) is 0 Å². The molecule has 0 fully saturated rings. The first-order valence-electron chi connectivity index (χ1n) is 7.20. The van der Waals surface area contributed by atoms with E-state index in [0.717, 1.165) is 5.56 Å². The summed E-state index contributed by atoms with van der Waals surface area (Å²) in [7, 11) is 0. The normalized spacial score (nSPS) is 12.3. The van der Waals surface area contributed by atoms with Crippen LogP contribution in [0.4, 0.5) is 4.39 Å². The van der Waals surface area contributed by atoms with Crippen LogP contribution in [-0.2, 0) is 11.2 Å². The van der Waals surface area contributed by atoms with Gasteiger partial charge in [-0.25, -0.2) is 4.39 Å². The highest BCUT2D eigenvalue weighted by Crippen LogP contribution is 2.11. The Balaban J connectivity index is 1.92. The molecule has 0 aliphatic rings. The molecule has 1 atom stereocenters. The largest absolute Gasteiger partial charge is 0.508 e. The van der Waals surface area contributed by atoms with Gasteiger partial charge in [0.15, 0.2) is 0 Å². The molecule has 1 amide bonds. The number of phenols is 1. The molecule has 0 aliphatic heterocycles. The molecule has 2 aromatic rings. The lowest BCUT2D eigenvalue weighted by atomic mass is 10.1. The van der Waals surface area contributed by atoms with Crippen molar-refractivity contribution >= 4 is 12.0 Å². The Kier molecular flexibility index (Phi) is 5.88. The molecule has 0 bridgehead atoms. The van der Waals surface area contributed by atoms with E-state index in [9.17, 15) is 19.4 Å². The van der Waals surface area contributed by atoms with E-state index < -0.39 is 6.04 Å². The molecule has 0 spiro atoms. The summed E-state index contributed by atoms with van der Waals surface area (Å²) in [5.41, 5.74) is 1.47. The Hall–Kier alpha value is -2.66. The second-order valence-electron chi connectivity index (χ2n) is 5.15. The fourth-order valence-corrected chi connectivity index (χ4v) is 2.11. The van der Waals surface area contributed by atoms with E-state index >= 15 is 0 Å². The van der Waals surface area contributed by atoms with Gasteiger partial charge in [0.25, 0.3) is 0 Å². The Morgan fingerprint density at radius 2 is 1.96 bits per heavy atom. The number of nitrogens with one attached hydrogen (secondary N) is 1. The van der Waals surface area contributed by atoms with E-state index in [1.165, 1.54) is 24.3 Å². The summed E-state index contributed by atoms with van der Waals surface area (Å²) < 4.78 is 13.0. The van der Waals surface area contributed by atoms with E-state index in [0.29, 0.717) is 12.0 Å². The number of carbonyl (C=O) groups excluding carboxylic acids is 1. The molecule has 3 N–H and O–H groups in total. The zero-order valence-electron chi connectivity index (χ0n) is 12.4. The molecule has 0 radical (unpaired) electrons. The van der Waals surface area contributed by atoms with Gasteiger partial charge in [-0.3, -0.25) is 4.79 Å². The van der Waals surface area contributed by atoms with Gasteiger partial charge in [0.2, 0.25) is 5.91 Å². The van der Waals surface area contributed by atoms with Gasteiger partial charge in [-0.2, -0.15) is 0 Å². The van der Waals surface area contributed by atoms with Crippen LogP contribution >= 0.6 is 0 Å². The van der Waals surface area contributed by atoms with Gasteiger partial charge in [-0.05, 0) is 47.9 Å². The number of aromatic hydroxyl groups is 1. The third kappa shape index (κ3) is 5.56. The van der Waals surface area contributed by atoms with Gasteiger partial charge in [-0.1, -0.05) is 24.3 Å². The number of hydrogen-bond donors (Lipinski definition) is 3. The lowest BCUT2D eigenvalue weighted by Gasteiger charge is -2.15. The lowest BCUT2D eigenvalue weighted by Crippen LogP contribution is -2.38. The number of hydrogen-bond acceptors (Lipinski definition) is 3. The number of benzene rings is 2. The van der Waals surface area contributed by atoms with Gasteiger partial charge >= 0.3 is 0 Å². The third-order valence-electron chi connectivity index (χ3n) is 3.26. The van der Waals surface area contributed by atoms with Crippen LogP contribution in [0.1, 0.15) is 11.1 Å². The summed E-state index contributed by atoms with van der Waals surface area (Å²) in [4.78, 5) is 11.9. The van der Waals surface area contributed by atoms with Crippen molar-refractivity contribution in [3.63, 3.8) is 0 Å². The predicted molar refractivity (Wildman–Crippen MR) is 86.3 cm³/mol. The molecule has 0 saturated carbocycles. The fourth-order valence-electron chi connectivity index (χ4n) is 2.11. The van der Waals surface area contributed by atoms with Crippen molar-refractivity contribution in [1.29, 1.82) is 0 Å². The van der Waals surface area contributed by atoms with Crippen LogP contribution in [0.5, 0.6) is 5.75 Å². The second kappa shape index (κ2) is 8.10. The number of carbonyl (C=O) groups is 1. The molecular formula is C18H18FNO3. The predicted octanol–water partition coefficient (Wildman–Crippen LogP) is 2.26. The average molecular weight is 315 g/mol. The molecule has 0 heterocycles. The SMILES string of the molecule is O=C(/C=C/c1cccc(F)c1)N[C@H](CO)Cc1ccc(O)cc1. The van der Waals surface area contributed by atoms with Gasteiger partial charge in [0.05, 0.1) is 12.6 Å². The summed E-state index contributed by atoms with van der Waals surface area (Å²) in [6.07, 6.45) is 3.25. The first-order chi connectivity index (χ1) is 11.1. The zero-order valence-corrected chi connectivity index (χ0v) is 12.4. The summed E-state index contributed by atoms with van der Waals surface area (Å²) in [5.74, 6) is -0.573. The number of amides is 1. The maximum Gasteiger partial charge on any atom is 0.244 e. The average Bonchev–Trinajstić information content (AvgIpc) is 2.54. The van der Waals surface area contributed by atoms with Crippen molar-refractivity contribution in [2.75, 3.05) is 6.61 Å². The van der Waals surface area contributed by atoms with Crippen LogP contribution in [0.25, 0.3) is 6.08 Å². The monoisotopic (exact) mass is 315 g/mol. The number of phenolic OH excluding ortho intramolecular Hbond substituents is 1. The van der Waals surface area contributed by atoms with Crippen molar-refractivity contribution < 1.29 is 19.4 Å². The number of aliphatic hydroxyl groups excluding tert-OH is 1. The van der Waals surface area contributed by atoms with E-state index in [-0.39, 0.29) is 24.1 Å². The summed E-state index contributed by atoms with van der Waals surface area (Å²) >= 11 is 0. The molecule has 4 nitrogen and oxygen atoms in total. The maximum atomic E-state index is 13.0. The Labute approximate surface area is 133 Å². The molecule has 120 valence electrons. The molecule has 0 saturated heterocycles. The molecular weight excluding hydrogens is 297 g/mol. The molecule has 5 heteroatoms. The number of halogens is 1. The maximum absolute atomic E-state index is 13.0. The Morgan fingerprint density at radius 1 is 1.22 bits per heavy atom. The van der Waals surface area contributed by atoms with E-state index in [4.69, 9.17) is 0 Å². The fraction of sp³-hybridized carbons (Fsp3) is 0.167. The van der Waals surface area contributed by atoms with Crippen LogP contribution in [0.3, 0.4) is 0 Å². The lowest BCUT2D eigenvalue weighted by molar-refractivity contribution is -0.117. The van der Waals surface area contributed by atoms with Crippen LogP contribution < -0.4 is 5.32 Å². The minimum atomic E-state index is -0.441. The first kappa shape index (κ1) is 16.7. The molecule has 0 unspecified atom stereocenters. The van der Waals surface area contributed by atoms with E-state index in [2.05, 4.69) is 5.32 Å². The number of rotatable bonds is 6. The molecule has 2 aromatic carbocycles. The van der Waals surface area contributed by atoms with Crippen LogP contribution in [-0.4, -0.2) is 28.8 Å². The van der Waals surface area contributed by atoms with Gasteiger partial charge in [0, 0.05) is 6.08 Å². The first-order valence-corrected chi connectivity index (χ1v) is 7.20. The Morgan fingerprint density at radius 3 is 2.61 bits per heavy atom. The number of aliphatic hydroxyl groups is 1. The Bertz CT molecular complexity index is 683. The van der Waals surface area contributed by atoms with Crippen molar-refractivity contribution in [2.24, 2.45) is 0 Å². The van der Waals surface area contributed by atoms with Crippen molar-refractivity contribution in [3.8, 4) is 5.75 Å². The quantitative estimate of drug-likeness (QED) is 0.716.